The van der Waals surface area contributed by atoms with Gasteiger partial charge in [-0.3, -0.25) is 0 Å². The molecule has 0 saturated heterocycles. The summed E-state index contributed by atoms with van der Waals surface area (Å²) in [5, 5.41) is 9.91. The third kappa shape index (κ3) is 3.41. The van der Waals surface area contributed by atoms with Crippen molar-refractivity contribution in [3.05, 3.63) is 58.1 Å². The van der Waals surface area contributed by atoms with E-state index in [-0.39, 0.29) is 0 Å². The van der Waals surface area contributed by atoms with E-state index in [4.69, 9.17) is 21.1 Å². The zero-order chi connectivity index (χ0) is 16.1. The first-order chi connectivity index (χ1) is 10.6. The van der Waals surface area contributed by atoms with Gasteiger partial charge in [-0.15, -0.1) is 0 Å². The van der Waals surface area contributed by atoms with Crippen molar-refractivity contribution in [2.75, 3.05) is 14.2 Å². The molecule has 0 saturated carbocycles. The molecule has 0 N–H and O–H groups in total. The molecule has 2 aromatic carbocycles. The van der Waals surface area contributed by atoms with Crippen LogP contribution in [0.5, 0.6) is 11.5 Å². The average molecular weight is 314 g/mol. The monoisotopic (exact) mass is 313 g/mol. The number of allylic oxidation sites excluding steroid dienone is 1. The fourth-order valence-corrected chi connectivity index (χ4v) is 2.26. The van der Waals surface area contributed by atoms with Crippen LogP contribution >= 0.6 is 11.6 Å². The van der Waals surface area contributed by atoms with E-state index in [9.17, 15) is 5.26 Å². The summed E-state index contributed by atoms with van der Waals surface area (Å²) in [4.78, 5) is 0. The second-order valence-electron chi connectivity index (χ2n) is 4.76. The highest BCUT2D eigenvalue weighted by molar-refractivity contribution is 6.32. The van der Waals surface area contributed by atoms with Gasteiger partial charge in [0, 0.05) is 6.07 Å². The van der Waals surface area contributed by atoms with Gasteiger partial charge in [0.1, 0.15) is 0 Å². The molecular weight excluding hydrogens is 298 g/mol. The van der Waals surface area contributed by atoms with E-state index in [1.807, 2.05) is 31.2 Å². The molecule has 0 aromatic heterocycles. The van der Waals surface area contributed by atoms with Crippen molar-refractivity contribution in [1.29, 1.82) is 5.26 Å². The Labute approximate surface area is 135 Å². The summed E-state index contributed by atoms with van der Waals surface area (Å²) < 4.78 is 10.5. The van der Waals surface area contributed by atoms with E-state index in [1.165, 1.54) is 0 Å². The van der Waals surface area contributed by atoms with Crippen LogP contribution in [0.2, 0.25) is 5.02 Å². The lowest BCUT2D eigenvalue weighted by Crippen LogP contribution is -1.92. The summed E-state index contributed by atoms with van der Waals surface area (Å²) in [5.74, 6) is 1.12. The summed E-state index contributed by atoms with van der Waals surface area (Å²) in [6, 6.07) is 13.4. The normalized spacial score (nSPS) is 11.0. The van der Waals surface area contributed by atoms with Crippen molar-refractivity contribution in [2.45, 2.75) is 6.92 Å². The molecule has 4 heteroatoms. The quantitative estimate of drug-likeness (QED) is 0.605. The first kappa shape index (κ1) is 15.9. The molecule has 0 bridgehead atoms. The molecule has 3 nitrogen and oxygen atoms in total. The number of benzene rings is 2. The number of hydrogen-bond acceptors (Lipinski definition) is 3. The first-order valence-corrected chi connectivity index (χ1v) is 7.07. The van der Waals surface area contributed by atoms with Crippen LogP contribution in [0.3, 0.4) is 0 Å². The van der Waals surface area contributed by atoms with Crippen LogP contribution in [0.25, 0.3) is 11.6 Å². The molecule has 0 amide bonds. The number of ether oxygens (including phenoxy) is 2. The minimum absolute atomic E-state index is 0.498. The van der Waals surface area contributed by atoms with Gasteiger partial charge in [0.2, 0.25) is 0 Å². The Morgan fingerprint density at radius 2 is 1.68 bits per heavy atom. The van der Waals surface area contributed by atoms with Gasteiger partial charge >= 0.3 is 0 Å². The van der Waals surface area contributed by atoms with Crippen molar-refractivity contribution in [1.82, 2.24) is 0 Å². The Morgan fingerprint density at radius 1 is 1.09 bits per heavy atom. The van der Waals surface area contributed by atoms with E-state index < -0.39 is 0 Å². The van der Waals surface area contributed by atoms with Gasteiger partial charge in [-0.05, 0) is 30.2 Å². The summed E-state index contributed by atoms with van der Waals surface area (Å²) >= 11 is 6.26. The number of nitriles is 1. The molecule has 0 aliphatic carbocycles. The molecule has 2 rings (SSSR count). The second kappa shape index (κ2) is 7.02. The van der Waals surface area contributed by atoms with Crippen LogP contribution in [0, 0.1) is 18.3 Å². The van der Waals surface area contributed by atoms with E-state index in [1.54, 1.807) is 32.4 Å². The summed E-state index contributed by atoms with van der Waals surface area (Å²) in [6.07, 6.45) is 1.74. The molecule has 112 valence electrons. The lowest BCUT2D eigenvalue weighted by Gasteiger charge is -2.10. The fraction of sp³-hybridized carbons (Fsp3) is 0.167. The number of methoxy groups -OCH3 is 2. The molecule has 0 radical (unpaired) electrons. The zero-order valence-corrected chi connectivity index (χ0v) is 13.4. The van der Waals surface area contributed by atoms with Crippen LogP contribution in [-0.2, 0) is 0 Å². The van der Waals surface area contributed by atoms with Gasteiger partial charge in [0.05, 0.1) is 30.9 Å². The predicted molar refractivity (Wildman–Crippen MR) is 89.2 cm³/mol. The van der Waals surface area contributed by atoms with E-state index >= 15 is 0 Å². The minimum Gasteiger partial charge on any atom is -0.493 e. The maximum Gasteiger partial charge on any atom is 0.162 e. The second-order valence-corrected chi connectivity index (χ2v) is 5.17. The molecular formula is C18H16ClNO2. The van der Waals surface area contributed by atoms with Crippen LogP contribution < -0.4 is 9.47 Å². The average Bonchev–Trinajstić information content (AvgIpc) is 2.54. The van der Waals surface area contributed by atoms with E-state index in [0.717, 1.165) is 11.1 Å². The lowest BCUT2D eigenvalue weighted by atomic mass is 10.0. The smallest absolute Gasteiger partial charge is 0.162 e. The third-order valence-electron chi connectivity index (χ3n) is 3.29. The molecule has 0 aliphatic heterocycles. The SMILES string of the molecule is COc1cc(Cl)c(/C=C(/C#N)c2ccc(C)cc2)cc1OC. The Bertz CT molecular complexity index is 743. The van der Waals surface area contributed by atoms with Gasteiger partial charge in [-0.1, -0.05) is 41.4 Å². The Kier molecular flexibility index (Phi) is 5.08. The highest BCUT2D eigenvalue weighted by Gasteiger charge is 2.10. The fourth-order valence-electron chi connectivity index (χ4n) is 2.05. The Morgan fingerprint density at radius 3 is 2.23 bits per heavy atom. The van der Waals surface area contributed by atoms with E-state index in [2.05, 4.69) is 6.07 Å². The Balaban J connectivity index is 2.50. The molecule has 0 unspecified atom stereocenters. The van der Waals surface area contributed by atoms with Gasteiger partial charge in [-0.25, -0.2) is 0 Å². The number of hydrogen-bond donors (Lipinski definition) is 0. The largest absolute Gasteiger partial charge is 0.493 e. The van der Waals surface area contributed by atoms with Gasteiger partial charge < -0.3 is 9.47 Å². The van der Waals surface area contributed by atoms with Crippen molar-refractivity contribution in [3.8, 4) is 17.6 Å². The number of nitrogens with zero attached hydrogens (tertiary/aromatic N) is 1. The molecule has 0 spiro atoms. The molecule has 2 aromatic rings. The van der Waals surface area contributed by atoms with Gasteiger partial charge in [0.25, 0.3) is 0 Å². The van der Waals surface area contributed by atoms with Crippen molar-refractivity contribution < 1.29 is 9.47 Å². The third-order valence-corrected chi connectivity index (χ3v) is 3.61. The Hall–Kier alpha value is -2.44. The highest BCUT2D eigenvalue weighted by Crippen LogP contribution is 2.34. The van der Waals surface area contributed by atoms with E-state index in [0.29, 0.717) is 27.7 Å². The van der Waals surface area contributed by atoms with Crippen molar-refractivity contribution in [3.63, 3.8) is 0 Å². The summed E-state index contributed by atoms with van der Waals surface area (Å²) in [5.41, 5.74) is 3.23. The number of rotatable bonds is 4. The zero-order valence-electron chi connectivity index (χ0n) is 12.7. The molecule has 0 aliphatic rings. The maximum absolute atomic E-state index is 9.41. The minimum atomic E-state index is 0.498. The molecule has 22 heavy (non-hydrogen) atoms. The van der Waals surface area contributed by atoms with Crippen molar-refractivity contribution in [2.24, 2.45) is 0 Å². The predicted octanol–water partition coefficient (Wildman–Crippen LogP) is 4.73. The molecule has 0 fully saturated rings. The highest BCUT2D eigenvalue weighted by atomic mass is 35.5. The van der Waals surface area contributed by atoms with Crippen LogP contribution in [-0.4, -0.2) is 14.2 Å². The summed E-state index contributed by atoms with van der Waals surface area (Å²) in [6.45, 7) is 2.00. The first-order valence-electron chi connectivity index (χ1n) is 6.69. The molecule has 0 atom stereocenters. The van der Waals surface area contributed by atoms with Gasteiger partial charge in [-0.2, -0.15) is 5.26 Å². The van der Waals surface area contributed by atoms with Gasteiger partial charge in [0.15, 0.2) is 11.5 Å². The maximum atomic E-state index is 9.41. The molecule has 0 heterocycles. The lowest BCUT2D eigenvalue weighted by molar-refractivity contribution is 0.355. The summed E-state index contributed by atoms with van der Waals surface area (Å²) in [7, 11) is 3.11. The standard InChI is InChI=1S/C18H16ClNO2/c1-12-4-6-13(7-5-12)15(11-20)8-14-9-17(21-2)18(22-3)10-16(14)19/h4-10H,1-3H3/b15-8-. The van der Waals surface area contributed by atoms with Crippen molar-refractivity contribution >= 4 is 23.3 Å². The van der Waals surface area contributed by atoms with Crippen LogP contribution in [0.4, 0.5) is 0 Å². The number of halogens is 1. The topological polar surface area (TPSA) is 42.2 Å². The number of aryl methyl sites for hydroxylation is 1. The van der Waals surface area contributed by atoms with Crippen LogP contribution in [0.1, 0.15) is 16.7 Å². The van der Waals surface area contributed by atoms with Crippen LogP contribution in [0.15, 0.2) is 36.4 Å².